The predicted octanol–water partition coefficient (Wildman–Crippen LogP) is 4.18. The second-order valence-corrected chi connectivity index (χ2v) is 10.3. The van der Waals surface area contributed by atoms with Crippen LogP contribution in [-0.2, 0) is 6.42 Å². The van der Waals surface area contributed by atoms with Crippen molar-refractivity contribution in [1.29, 1.82) is 0 Å². The molecule has 0 bridgehead atoms. The molecule has 0 unspecified atom stereocenters. The third-order valence-corrected chi connectivity index (χ3v) is 8.06. The largest absolute Gasteiger partial charge is 0.496 e. The van der Waals surface area contributed by atoms with Gasteiger partial charge in [-0.2, -0.15) is 0 Å². The molecule has 2 aliphatic heterocycles. The minimum Gasteiger partial charge on any atom is -0.496 e. The minimum atomic E-state index is 0.675. The average molecular weight is 497 g/mol. The maximum absolute atomic E-state index is 6.52. The van der Waals surface area contributed by atoms with Gasteiger partial charge in [0.15, 0.2) is 0 Å². The maximum atomic E-state index is 6.52. The van der Waals surface area contributed by atoms with Crippen molar-refractivity contribution >= 4 is 23.0 Å². The standard InChI is InChI=1S/C27H37ClN6O/c1-29-25-22(28)6-4-5-7-23-26(25)31-27(30-23)21-9-8-20(18-24(21)35-3)33-12-10-19(11-13-33)34-16-14-32(2)15-17-34/h6,8-9,18-19H,4-5,7,10-17H2,1-3H3,(H,30,31)/b22-6+,29-25?. The summed E-state index contributed by atoms with van der Waals surface area (Å²) in [6.07, 6.45) is 7.36. The number of hydrogen-bond acceptors (Lipinski definition) is 6. The maximum Gasteiger partial charge on any atom is 0.142 e. The van der Waals surface area contributed by atoms with Crippen LogP contribution in [0.2, 0.25) is 0 Å². The van der Waals surface area contributed by atoms with E-state index in [0.717, 1.165) is 66.6 Å². The molecule has 0 saturated carbocycles. The number of aromatic amines is 1. The summed E-state index contributed by atoms with van der Waals surface area (Å²) in [6.45, 7) is 6.92. The molecule has 0 radical (unpaired) electrons. The molecule has 2 aromatic rings. The monoisotopic (exact) mass is 496 g/mol. The van der Waals surface area contributed by atoms with Crippen molar-refractivity contribution in [3.8, 4) is 17.1 Å². The molecule has 0 spiro atoms. The number of fused-ring (bicyclic) bond motifs is 1. The molecule has 1 N–H and O–H groups in total. The average Bonchev–Trinajstić information content (AvgIpc) is 3.29. The number of nitrogens with zero attached hydrogens (tertiary/aromatic N) is 5. The highest BCUT2D eigenvalue weighted by Crippen LogP contribution is 2.35. The quantitative estimate of drug-likeness (QED) is 0.688. The minimum absolute atomic E-state index is 0.675. The van der Waals surface area contributed by atoms with Crippen LogP contribution in [0.4, 0.5) is 5.69 Å². The Morgan fingerprint density at radius 2 is 1.89 bits per heavy atom. The zero-order valence-corrected chi connectivity index (χ0v) is 21.9. The van der Waals surface area contributed by atoms with Crippen molar-refractivity contribution < 1.29 is 4.74 Å². The lowest BCUT2D eigenvalue weighted by atomic mass is 10.0. The van der Waals surface area contributed by atoms with Gasteiger partial charge in [-0.25, -0.2) is 4.98 Å². The Bertz CT molecular complexity index is 1090. The molecular formula is C27H37ClN6O. The molecule has 1 aromatic carbocycles. The number of nitrogens with one attached hydrogen (secondary N) is 1. The summed E-state index contributed by atoms with van der Waals surface area (Å²) in [6, 6.07) is 7.20. The van der Waals surface area contributed by atoms with Crippen molar-refractivity contribution in [1.82, 2.24) is 19.8 Å². The number of aromatic nitrogens is 2. The van der Waals surface area contributed by atoms with Crippen molar-refractivity contribution in [2.75, 3.05) is 65.4 Å². The number of anilines is 1. The molecule has 2 fully saturated rings. The molecule has 3 heterocycles. The number of aryl methyl sites for hydroxylation is 1. The van der Waals surface area contributed by atoms with Crippen LogP contribution in [0.3, 0.4) is 0 Å². The molecule has 8 heteroatoms. The number of imidazole rings is 1. The lowest BCUT2D eigenvalue weighted by Gasteiger charge is -2.42. The van der Waals surface area contributed by atoms with Crippen molar-refractivity contribution in [3.63, 3.8) is 0 Å². The first-order valence-corrected chi connectivity index (χ1v) is 13.2. The van der Waals surface area contributed by atoms with Gasteiger partial charge >= 0.3 is 0 Å². The Balaban J connectivity index is 1.33. The number of rotatable bonds is 4. The van der Waals surface area contributed by atoms with Crippen LogP contribution in [0.25, 0.3) is 11.4 Å². The highest BCUT2D eigenvalue weighted by atomic mass is 35.5. The first-order valence-electron chi connectivity index (χ1n) is 12.9. The van der Waals surface area contributed by atoms with Gasteiger partial charge in [0.2, 0.25) is 0 Å². The van der Waals surface area contributed by atoms with E-state index >= 15 is 0 Å². The van der Waals surface area contributed by atoms with Crippen molar-refractivity contribution in [2.24, 2.45) is 4.99 Å². The number of piperazine rings is 1. The number of benzene rings is 1. The number of H-pyrrole nitrogens is 1. The summed E-state index contributed by atoms with van der Waals surface area (Å²) >= 11 is 6.52. The predicted molar refractivity (Wildman–Crippen MR) is 144 cm³/mol. The summed E-state index contributed by atoms with van der Waals surface area (Å²) in [5.41, 5.74) is 4.87. The topological polar surface area (TPSA) is 60.0 Å². The van der Waals surface area contributed by atoms with Gasteiger partial charge in [-0.15, -0.1) is 0 Å². The van der Waals surface area contributed by atoms with E-state index in [1.807, 2.05) is 6.08 Å². The lowest BCUT2D eigenvalue weighted by molar-refractivity contribution is 0.0982. The molecule has 1 aromatic heterocycles. The number of halogens is 1. The van der Waals surface area contributed by atoms with Crippen LogP contribution in [-0.4, -0.2) is 92.0 Å². The third-order valence-electron chi connectivity index (χ3n) is 7.73. The highest BCUT2D eigenvalue weighted by molar-refractivity contribution is 6.46. The molecular weight excluding hydrogens is 460 g/mol. The van der Waals surface area contributed by atoms with Gasteiger partial charge < -0.3 is 19.5 Å². The van der Waals surface area contributed by atoms with Crippen LogP contribution in [0, 0.1) is 0 Å². The molecule has 5 rings (SSSR count). The van der Waals surface area contributed by atoms with Gasteiger partial charge in [0.25, 0.3) is 0 Å². The molecule has 3 aliphatic rings. The number of likely N-dealkylation sites (N-methyl/N-ethyl adjacent to an activating group) is 1. The van der Waals surface area contributed by atoms with Gasteiger partial charge in [0.05, 0.1) is 17.7 Å². The van der Waals surface area contributed by atoms with E-state index < -0.39 is 0 Å². The molecule has 0 atom stereocenters. The zero-order chi connectivity index (χ0) is 24.4. The van der Waals surface area contributed by atoms with Crippen LogP contribution in [0.5, 0.6) is 5.75 Å². The summed E-state index contributed by atoms with van der Waals surface area (Å²) in [7, 11) is 5.73. The Morgan fingerprint density at radius 1 is 1.11 bits per heavy atom. The van der Waals surface area contributed by atoms with Gasteiger partial charge in [-0.3, -0.25) is 9.89 Å². The Hall–Kier alpha value is -2.35. The van der Waals surface area contributed by atoms with Gasteiger partial charge in [0, 0.05) is 69.8 Å². The third kappa shape index (κ3) is 5.13. The van der Waals surface area contributed by atoms with Gasteiger partial charge in [-0.05, 0) is 51.3 Å². The van der Waals surface area contributed by atoms with Gasteiger partial charge in [0.1, 0.15) is 23.0 Å². The number of aliphatic imine (C=N–C) groups is 1. The normalized spacial score (nSPS) is 23.5. The van der Waals surface area contributed by atoms with E-state index in [1.54, 1.807) is 14.2 Å². The summed E-state index contributed by atoms with van der Waals surface area (Å²) in [5, 5.41) is 0.675. The fourth-order valence-corrected chi connectivity index (χ4v) is 5.88. The number of methoxy groups -OCH3 is 1. The molecule has 2 saturated heterocycles. The van der Waals surface area contributed by atoms with Crippen molar-refractivity contribution in [2.45, 2.75) is 38.1 Å². The smallest absolute Gasteiger partial charge is 0.142 e. The molecule has 7 nitrogen and oxygen atoms in total. The van der Waals surface area contributed by atoms with E-state index in [4.69, 9.17) is 21.3 Å². The first-order chi connectivity index (χ1) is 17.1. The van der Waals surface area contributed by atoms with Crippen LogP contribution in [0.15, 0.2) is 34.3 Å². The van der Waals surface area contributed by atoms with Crippen molar-refractivity contribution in [3.05, 3.63) is 40.7 Å². The molecule has 0 amide bonds. The fraction of sp³-hybridized carbons (Fsp3) is 0.556. The van der Waals surface area contributed by atoms with E-state index in [0.29, 0.717) is 11.1 Å². The molecule has 188 valence electrons. The number of hydrogen-bond donors (Lipinski definition) is 1. The molecule has 35 heavy (non-hydrogen) atoms. The summed E-state index contributed by atoms with van der Waals surface area (Å²) < 4.78 is 5.85. The highest BCUT2D eigenvalue weighted by Gasteiger charge is 2.27. The van der Waals surface area contributed by atoms with E-state index in [2.05, 4.69) is 49.9 Å². The number of piperidine rings is 1. The van der Waals surface area contributed by atoms with E-state index in [9.17, 15) is 0 Å². The van der Waals surface area contributed by atoms with E-state index in [-0.39, 0.29) is 0 Å². The Kier molecular flexibility index (Phi) is 7.46. The Morgan fingerprint density at radius 3 is 2.60 bits per heavy atom. The molecule has 1 aliphatic carbocycles. The summed E-state index contributed by atoms with van der Waals surface area (Å²) in [5.74, 6) is 1.64. The number of ether oxygens (including phenoxy) is 1. The second-order valence-electron chi connectivity index (χ2n) is 9.87. The van der Waals surface area contributed by atoms with E-state index in [1.165, 1.54) is 44.7 Å². The van der Waals surface area contributed by atoms with Gasteiger partial charge in [-0.1, -0.05) is 17.7 Å². The summed E-state index contributed by atoms with van der Waals surface area (Å²) in [4.78, 5) is 20.5. The fourth-order valence-electron chi connectivity index (χ4n) is 5.59. The second kappa shape index (κ2) is 10.7. The number of allylic oxidation sites excluding steroid dienone is 2. The lowest BCUT2D eigenvalue weighted by Crippen LogP contribution is -2.52. The van der Waals surface area contributed by atoms with Crippen LogP contribution >= 0.6 is 11.6 Å². The van der Waals surface area contributed by atoms with Crippen LogP contribution in [0.1, 0.15) is 37.1 Å². The SMILES string of the molecule is CN=C1/C(Cl)=C\CCCc2[nH]c(-c3ccc(N4CCC(N5CCN(C)CC5)CC4)cc3OC)nc21. The zero-order valence-electron chi connectivity index (χ0n) is 21.2. The first kappa shape index (κ1) is 24.3. The Labute approximate surface area is 213 Å². The van der Waals surface area contributed by atoms with Crippen LogP contribution < -0.4 is 9.64 Å².